The first kappa shape index (κ1) is 13.8. The Kier molecular flexibility index (Phi) is 4.04. The molecular formula is C14H19FO2. The molecule has 0 saturated carbocycles. The molecule has 2 nitrogen and oxygen atoms in total. The lowest BCUT2D eigenvalue weighted by atomic mass is 9.84. The highest BCUT2D eigenvalue weighted by molar-refractivity contribution is 6.00. The summed E-state index contributed by atoms with van der Waals surface area (Å²) in [6.45, 7) is 7.53. The Bertz CT molecular complexity index is 398. The van der Waals surface area contributed by atoms with Crippen LogP contribution in [0.1, 0.15) is 36.7 Å². The van der Waals surface area contributed by atoms with Crippen LogP contribution < -0.4 is 0 Å². The summed E-state index contributed by atoms with van der Waals surface area (Å²) >= 11 is 0. The first-order valence-corrected chi connectivity index (χ1v) is 5.60. The summed E-state index contributed by atoms with van der Waals surface area (Å²) in [5, 5.41) is 0. The number of ether oxygens (including phenoxy) is 1. The maximum Gasteiger partial charge on any atom is 0.192 e. The van der Waals surface area contributed by atoms with Crippen molar-refractivity contribution in [3.8, 4) is 0 Å². The fourth-order valence-corrected chi connectivity index (χ4v) is 1.88. The van der Waals surface area contributed by atoms with Gasteiger partial charge >= 0.3 is 0 Å². The first-order chi connectivity index (χ1) is 7.75. The van der Waals surface area contributed by atoms with E-state index >= 15 is 0 Å². The molecular weight excluding hydrogens is 219 g/mol. The summed E-state index contributed by atoms with van der Waals surface area (Å²) in [5.41, 5.74) is 0.785. The Labute approximate surface area is 102 Å². The summed E-state index contributed by atoms with van der Waals surface area (Å²) in [7, 11) is 1.50. The average molecular weight is 238 g/mol. The number of halogens is 1. The highest BCUT2D eigenvalue weighted by Crippen LogP contribution is 2.25. The zero-order valence-electron chi connectivity index (χ0n) is 11.0. The van der Waals surface area contributed by atoms with Crippen LogP contribution in [0.2, 0.25) is 0 Å². The Morgan fingerprint density at radius 3 is 2.29 bits per heavy atom. The van der Waals surface area contributed by atoms with E-state index in [0.29, 0.717) is 5.56 Å². The van der Waals surface area contributed by atoms with Crippen molar-refractivity contribution in [2.24, 2.45) is 5.41 Å². The van der Waals surface area contributed by atoms with Gasteiger partial charge in [-0.1, -0.05) is 20.8 Å². The largest absolute Gasteiger partial charge is 0.373 e. The predicted molar refractivity (Wildman–Crippen MR) is 65.7 cm³/mol. The Balaban J connectivity index is 3.10. The van der Waals surface area contributed by atoms with Crippen molar-refractivity contribution >= 4 is 5.78 Å². The molecule has 17 heavy (non-hydrogen) atoms. The van der Waals surface area contributed by atoms with Crippen LogP contribution in [0.3, 0.4) is 0 Å². The third-order valence-electron chi connectivity index (χ3n) is 2.59. The standard InChI is InChI=1S/C14H19FO2/c1-9-6-10(8-11(15)7-9)12(16)13(17-5)14(2,3)4/h6-8,13H,1-5H3. The van der Waals surface area contributed by atoms with Gasteiger partial charge in [0, 0.05) is 12.7 Å². The minimum absolute atomic E-state index is 0.178. The molecule has 0 aliphatic rings. The van der Waals surface area contributed by atoms with Crippen molar-refractivity contribution in [3.05, 3.63) is 35.1 Å². The number of hydrogen-bond acceptors (Lipinski definition) is 2. The number of carbonyl (C=O) groups excluding carboxylic acids is 1. The first-order valence-electron chi connectivity index (χ1n) is 5.60. The van der Waals surface area contributed by atoms with Crippen LogP contribution in [0.15, 0.2) is 18.2 Å². The van der Waals surface area contributed by atoms with Crippen molar-refractivity contribution in [1.29, 1.82) is 0 Å². The van der Waals surface area contributed by atoms with Crippen molar-refractivity contribution in [3.63, 3.8) is 0 Å². The quantitative estimate of drug-likeness (QED) is 0.755. The zero-order valence-corrected chi connectivity index (χ0v) is 11.0. The van der Waals surface area contributed by atoms with Crippen LogP contribution in [0.4, 0.5) is 4.39 Å². The summed E-state index contributed by atoms with van der Waals surface area (Å²) in [6.07, 6.45) is -0.566. The molecule has 0 radical (unpaired) electrons. The number of methoxy groups -OCH3 is 1. The number of ketones is 1. The van der Waals surface area contributed by atoms with Gasteiger partial charge in [-0.15, -0.1) is 0 Å². The number of rotatable bonds is 3. The minimum atomic E-state index is -0.566. The molecule has 3 heteroatoms. The summed E-state index contributed by atoms with van der Waals surface area (Å²) in [5.74, 6) is -0.570. The Morgan fingerprint density at radius 1 is 1.29 bits per heavy atom. The maximum atomic E-state index is 13.3. The summed E-state index contributed by atoms with van der Waals surface area (Å²) < 4.78 is 18.5. The minimum Gasteiger partial charge on any atom is -0.373 e. The number of carbonyl (C=O) groups is 1. The maximum absolute atomic E-state index is 13.3. The van der Waals surface area contributed by atoms with Gasteiger partial charge in [0.2, 0.25) is 0 Å². The molecule has 94 valence electrons. The van der Waals surface area contributed by atoms with Crippen LogP contribution in [0.25, 0.3) is 0 Å². The van der Waals surface area contributed by atoms with Gasteiger partial charge in [-0.2, -0.15) is 0 Å². The number of aryl methyl sites for hydroxylation is 1. The van der Waals surface area contributed by atoms with Crippen molar-refractivity contribution in [2.45, 2.75) is 33.8 Å². The molecule has 1 aromatic carbocycles. The van der Waals surface area contributed by atoms with Crippen LogP contribution in [-0.4, -0.2) is 19.0 Å². The zero-order chi connectivity index (χ0) is 13.2. The van der Waals surface area contributed by atoms with E-state index in [2.05, 4.69) is 0 Å². The lowest BCUT2D eigenvalue weighted by Crippen LogP contribution is -2.36. The Morgan fingerprint density at radius 2 is 1.88 bits per heavy atom. The Hall–Kier alpha value is -1.22. The average Bonchev–Trinajstić information content (AvgIpc) is 2.14. The molecule has 0 heterocycles. The molecule has 0 amide bonds. The monoisotopic (exact) mass is 238 g/mol. The van der Waals surface area contributed by atoms with Crippen molar-refractivity contribution in [2.75, 3.05) is 7.11 Å². The molecule has 1 unspecified atom stereocenters. The molecule has 1 atom stereocenters. The molecule has 1 aromatic rings. The van der Waals surface area contributed by atoms with Gasteiger partial charge in [-0.05, 0) is 36.1 Å². The summed E-state index contributed by atoms with van der Waals surface area (Å²) in [4.78, 5) is 12.2. The van der Waals surface area contributed by atoms with Crippen LogP contribution in [0, 0.1) is 18.2 Å². The second kappa shape index (κ2) is 4.96. The van der Waals surface area contributed by atoms with Crippen LogP contribution in [-0.2, 0) is 4.74 Å². The molecule has 0 N–H and O–H groups in total. The molecule has 0 aliphatic heterocycles. The van der Waals surface area contributed by atoms with E-state index in [-0.39, 0.29) is 11.2 Å². The smallest absolute Gasteiger partial charge is 0.192 e. The van der Waals surface area contributed by atoms with Gasteiger partial charge in [-0.3, -0.25) is 4.79 Å². The number of Topliss-reactive ketones (excluding diaryl/α,β-unsaturated/α-hetero) is 1. The third kappa shape index (κ3) is 3.37. The molecule has 0 fully saturated rings. The van der Waals surface area contributed by atoms with Gasteiger partial charge < -0.3 is 4.74 Å². The van der Waals surface area contributed by atoms with Crippen molar-refractivity contribution < 1.29 is 13.9 Å². The van der Waals surface area contributed by atoms with E-state index in [0.717, 1.165) is 5.56 Å². The van der Waals surface area contributed by atoms with Crippen LogP contribution in [0.5, 0.6) is 0 Å². The SMILES string of the molecule is COC(C(=O)c1cc(C)cc(F)c1)C(C)(C)C. The second-order valence-corrected chi connectivity index (χ2v) is 5.36. The highest BCUT2D eigenvalue weighted by Gasteiger charge is 2.32. The molecule has 0 aliphatic carbocycles. The topological polar surface area (TPSA) is 26.3 Å². The van der Waals surface area contributed by atoms with Gasteiger partial charge in [-0.25, -0.2) is 4.39 Å². The van der Waals surface area contributed by atoms with E-state index in [1.807, 2.05) is 20.8 Å². The van der Waals surface area contributed by atoms with Gasteiger partial charge in [0.15, 0.2) is 5.78 Å². The molecule has 1 rings (SSSR count). The molecule has 0 spiro atoms. The van der Waals surface area contributed by atoms with Gasteiger partial charge in [0.25, 0.3) is 0 Å². The lowest BCUT2D eigenvalue weighted by molar-refractivity contribution is 0.0195. The van der Waals surface area contributed by atoms with E-state index < -0.39 is 11.9 Å². The number of hydrogen-bond donors (Lipinski definition) is 0. The fourth-order valence-electron chi connectivity index (χ4n) is 1.88. The van der Waals surface area contributed by atoms with E-state index in [1.165, 1.54) is 19.2 Å². The lowest BCUT2D eigenvalue weighted by Gasteiger charge is -2.28. The molecule has 0 bridgehead atoms. The van der Waals surface area contributed by atoms with Gasteiger partial charge in [0.1, 0.15) is 11.9 Å². The van der Waals surface area contributed by atoms with Gasteiger partial charge in [0.05, 0.1) is 0 Å². The molecule has 0 saturated heterocycles. The van der Waals surface area contributed by atoms with E-state index in [1.54, 1.807) is 13.0 Å². The third-order valence-corrected chi connectivity index (χ3v) is 2.59. The van der Waals surface area contributed by atoms with Crippen molar-refractivity contribution in [1.82, 2.24) is 0 Å². The van der Waals surface area contributed by atoms with E-state index in [9.17, 15) is 9.18 Å². The normalized spacial score (nSPS) is 13.5. The fraction of sp³-hybridized carbons (Fsp3) is 0.500. The number of benzene rings is 1. The van der Waals surface area contributed by atoms with E-state index in [4.69, 9.17) is 4.74 Å². The summed E-state index contributed by atoms with van der Waals surface area (Å²) in [6, 6.07) is 4.34. The highest BCUT2D eigenvalue weighted by atomic mass is 19.1. The predicted octanol–water partition coefficient (Wildman–Crippen LogP) is 3.38. The second-order valence-electron chi connectivity index (χ2n) is 5.36. The molecule has 0 aromatic heterocycles. The van der Waals surface area contributed by atoms with Crippen LogP contribution >= 0.6 is 0 Å².